The van der Waals surface area contributed by atoms with Gasteiger partial charge in [0.2, 0.25) is 0 Å². The van der Waals surface area contributed by atoms with Gasteiger partial charge in [0.15, 0.2) is 23.9 Å². The summed E-state index contributed by atoms with van der Waals surface area (Å²) in [6.07, 6.45) is 0. The first-order valence-electron chi connectivity index (χ1n) is 9.08. The highest BCUT2D eigenvalue weighted by Crippen LogP contribution is 2.35. The third kappa shape index (κ3) is 5.31. The monoisotopic (exact) mass is 401 g/mol. The van der Waals surface area contributed by atoms with Gasteiger partial charge in [-0.25, -0.2) is 4.79 Å². The number of hydrogen-bond acceptors (Lipinski definition) is 7. The van der Waals surface area contributed by atoms with Crippen molar-refractivity contribution in [2.24, 2.45) is 0 Å². The summed E-state index contributed by atoms with van der Waals surface area (Å²) in [6.45, 7) is 5.52. The molecule has 2 aromatic carbocycles. The number of nitrogens with zero attached hydrogens (tertiary/aromatic N) is 1. The van der Waals surface area contributed by atoms with Crippen molar-refractivity contribution in [2.75, 3.05) is 20.3 Å². The summed E-state index contributed by atoms with van der Waals surface area (Å²) in [5.41, 5.74) is 0.655. The van der Waals surface area contributed by atoms with Gasteiger partial charge < -0.3 is 14.2 Å². The molecule has 0 radical (unpaired) electrons. The molecule has 8 heteroatoms. The van der Waals surface area contributed by atoms with Gasteiger partial charge in [0.25, 0.3) is 5.69 Å². The van der Waals surface area contributed by atoms with Crippen LogP contribution in [-0.2, 0) is 4.74 Å². The SMILES string of the molecule is CCOc1cc([N+](=O)[O-])c(C(=O)OCC(=O)c2ccc(C(C)C)cc2)cc1OC. The van der Waals surface area contributed by atoms with Crippen molar-refractivity contribution in [3.8, 4) is 11.5 Å². The number of benzene rings is 2. The highest BCUT2D eigenvalue weighted by atomic mass is 16.6. The molecule has 0 N–H and O–H groups in total. The molecule has 2 rings (SSSR count). The van der Waals surface area contributed by atoms with Crippen LogP contribution in [0.5, 0.6) is 11.5 Å². The normalized spacial score (nSPS) is 10.5. The summed E-state index contributed by atoms with van der Waals surface area (Å²) in [5, 5.41) is 11.4. The quantitative estimate of drug-likeness (QED) is 0.269. The highest BCUT2D eigenvalue weighted by molar-refractivity contribution is 6.00. The number of carbonyl (C=O) groups excluding carboxylic acids is 2. The van der Waals surface area contributed by atoms with E-state index in [-0.39, 0.29) is 23.7 Å². The Labute approximate surface area is 168 Å². The number of nitro benzene ring substituents is 1. The predicted molar refractivity (Wildman–Crippen MR) is 106 cm³/mol. The van der Waals surface area contributed by atoms with Crippen molar-refractivity contribution in [1.29, 1.82) is 0 Å². The highest BCUT2D eigenvalue weighted by Gasteiger charge is 2.26. The van der Waals surface area contributed by atoms with Crippen LogP contribution in [0.1, 0.15) is 53.0 Å². The van der Waals surface area contributed by atoms with E-state index in [1.54, 1.807) is 19.1 Å². The molecule has 0 heterocycles. The van der Waals surface area contributed by atoms with Crippen LogP contribution in [0.25, 0.3) is 0 Å². The molecule has 29 heavy (non-hydrogen) atoms. The van der Waals surface area contributed by atoms with Gasteiger partial charge >= 0.3 is 5.97 Å². The molecule has 0 spiro atoms. The smallest absolute Gasteiger partial charge is 0.345 e. The zero-order valence-corrected chi connectivity index (χ0v) is 16.8. The number of hydrogen-bond donors (Lipinski definition) is 0. The number of rotatable bonds is 9. The second-order valence-corrected chi connectivity index (χ2v) is 6.49. The van der Waals surface area contributed by atoms with Crippen molar-refractivity contribution in [1.82, 2.24) is 0 Å². The maximum atomic E-state index is 12.4. The lowest BCUT2D eigenvalue weighted by molar-refractivity contribution is -0.385. The first-order valence-corrected chi connectivity index (χ1v) is 9.08. The fourth-order valence-corrected chi connectivity index (χ4v) is 2.64. The Morgan fingerprint density at radius 1 is 1.10 bits per heavy atom. The summed E-state index contributed by atoms with van der Waals surface area (Å²) in [5.74, 6) is -0.786. The van der Waals surface area contributed by atoms with Gasteiger partial charge in [-0.1, -0.05) is 38.1 Å². The molecule has 0 amide bonds. The zero-order valence-electron chi connectivity index (χ0n) is 16.8. The van der Waals surface area contributed by atoms with E-state index in [1.807, 2.05) is 26.0 Å². The third-order valence-electron chi connectivity index (χ3n) is 4.23. The minimum Gasteiger partial charge on any atom is -0.493 e. The van der Waals surface area contributed by atoms with E-state index in [4.69, 9.17) is 14.2 Å². The molecule has 2 aromatic rings. The number of nitro groups is 1. The van der Waals surface area contributed by atoms with Crippen molar-refractivity contribution < 1.29 is 28.7 Å². The van der Waals surface area contributed by atoms with Gasteiger partial charge in [0, 0.05) is 11.6 Å². The molecule has 0 atom stereocenters. The second kappa shape index (κ2) is 9.68. The van der Waals surface area contributed by atoms with Crippen LogP contribution in [-0.4, -0.2) is 37.0 Å². The molecular weight excluding hydrogens is 378 g/mol. The number of ketones is 1. The number of ether oxygens (including phenoxy) is 3. The first-order chi connectivity index (χ1) is 13.8. The summed E-state index contributed by atoms with van der Waals surface area (Å²) >= 11 is 0. The fraction of sp³-hybridized carbons (Fsp3) is 0.333. The van der Waals surface area contributed by atoms with Gasteiger partial charge in [-0.2, -0.15) is 0 Å². The van der Waals surface area contributed by atoms with Crippen LogP contribution in [0.2, 0.25) is 0 Å². The molecule has 0 aliphatic rings. The molecule has 0 aliphatic carbocycles. The van der Waals surface area contributed by atoms with E-state index >= 15 is 0 Å². The summed E-state index contributed by atoms with van der Waals surface area (Å²) < 4.78 is 15.4. The Bertz CT molecular complexity index is 904. The van der Waals surface area contributed by atoms with Gasteiger partial charge in [0.05, 0.1) is 24.7 Å². The van der Waals surface area contributed by atoms with Crippen LogP contribution >= 0.6 is 0 Å². The Kier molecular flexibility index (Phi) is 7.30. The van der Waals surface area contributed by atoms with Gasteiger partial charge in [-0.05, 0) is 18.4 Å². The molecular formula is C21H23NO7. The van der Waals surface area contributed by atoms with Crippen molar-refractivity contribution in [2.45, 2.75) is 26.7 Å². The van der Waals surface area contributed by atoms with Crippen LogP contribution < -0.4 is 9.47 Å². The average molecular weight is 401 g/mol. The zero-order chi connectivity index (χ0) is 21.6. The molecule has 0 aromatic heterocycles. The van der Waals surface area contributed by atoms with Gasteiger partial charge in [0.1, 0.15) is 5.56 Å². The van der Waals surface area contributed by atoms with E-state index in [1.165, 1.54) is 13.2 Å². The van der Waals surface area contributed by atoms with E-state index in [0.29, 0.717) is 11.5 Å². The van der Waals surface area contributed by atoms with Crippen LogP contribution in [0.3, 0.4) is 0 Å². The lowest BCUT2D eigenvalue weighted by Crippen LogP contribution is -2.16. The lowest BCUT2D eigenvalue weighted by Gasteiger charge is -2.11. The predicted octanol–water partition coefficient (Wildman–Crippen LogP) is 4.17. The minimum absolute atomic E-state index is 0.138. The van der Waals surface area contributed by atoms with E-state index < -0.39 is 29.0 Å². The number of Topliss-reactive ketones (excluding diaryl/α,β-unsaturated/α-hetero) is 1. The molecule has 0 unspecified atom stereocenters. The minimum atomic E-state index is -0.995. The van der Waals surface area contributed by atoms with Crippen LogP contribution in [0.15, 0.2) is 36.4 Å². The van der Waals surface area contributed by atoms with Crippen molar-refractivity contribution in [3.05, 3.63) is 63.2 Å². The topological polar surface area (TPSA) is 105 Å². The molecule has 154 valence electrons. The maximum Gasteiger partial charge on any atom is 0.345 e. The Morgan fingerprint density at radius 3 is 2.28 bits per heavy atom. The number of methoxy groups -OCH3 is 1. The molecule has 0 aliphatic heterocycles. The van der Waals surface area contributed by atoms with Crippen LogP contribution in [0.4, 0.5) is 5.69 Å². The summed E-state index contributed by atoms with van der Waals surface area (Å²) in [4.78, 5) is 35.3. The fourth-order valence-electron chi connectivity index (χ4n) is 2.64. The van der Waals surface area contributed by atoms with Gasteiger partial charge in [-0.15, -0.1) is 0 Å². The Morgan fingerprint density at radius 2 is 1.76 bits per heavy atom. The largest absolute Gasteiger partial charge is 0.493 e. The summed E-state index contributed by atoms with van der Waals surface area (Å²) in [6, 6.07) is 9.27. The van der Waals surface area contributed by atoms with E-state index in [0.717, 1.165) is 11.6 Å². The molecule has 0 saturated heterocycles. The van der Waals surface area contributed by atoms with E-state index in [9.17, 15) is 19.7 Å². The standard InChI is InChI=1S/C21H23NO7/c1-5-28-20-11-17(22(25)26)16(10-19(20)27-4)21(24)29-12-18(23)15-8-6-14(7-9-15)13(2)3/h6-11,13H,5,12H2,1-4H3. The molecule has 0 fully saturated rings. The van der Waals surface area contributed by atoms with Crippen molar-refractivity contribution >= 4 is 17.4 Å². The third-order valence-corrected chi connectivity index (χ3v) is 4.23. The van der Waals surface area contributed by atoms with Crippen LogP contribution in [0, 0.1) is 10.1 Å². The van der Waals surface area contributed by atoms with Gasteiger partial charge in [-0.3, -0.25) is 14.9 Å². The number of carbonyl (C=O) groups is 2. The average Bonchev–Trinajstić information content (AvgIpc) is 2.71. The van der Waals surface area contributed by atoms with Crippen molar-refractivity contribution in [3.63, 3.8) is 0 Å². The number of esters is 1. The Balaban J connectivity index is 2.19. The summed E-state index contributed by atoms with van der Waals surface area (Å²) in [7, 11) is 1.35. The Hall–Kier alpha value is -3.42. The molecule has 0 bridgehead atoms. The lowest BCUT2D eigenvalue weighted by atomic mass is 10.0. The second-order valence-electron chi connectivity index (χ2n) is 6.49. The van der Waals surface area contributed by atoms with E-state index in [2.05, 4.69) is 0 Å². The molecule has 8 nitrogen and oxygen atoms in total. The first kappa shape index (κ1) is 21.9. The maximum absolute atomic E-state index is 12.4. The molecule has 0 saturated carbocycles.